The van der Waals surface area contributed by atoms with Crippen molar-refractivity contribution in [2.45, 2.75) is 39.8 Å². The number of aromatic nitrogens is 1. The lowest BCUT2D eigenvalue weighted by Gasteiger charge is -2.23. The molecule has 0 amide bonds. The summed E-state index contributed by atoms with van der Waals surface area (Å²) < 4.78 is 38.8. The Morgan fingerprint density at radius 1 is 1.20 bits per heavy atom. The fourth-order valence-corrected chi connectivity index (χ4v) is 1.90. The Hall–Kier alpha value is -1.46. The number of rotatable bonds is 7. The topological polar surface area (TPSA) is 28.2 Å². The monoisotopic (exact) mass is 289 g/mol. The van der Waals surface area contributed by atoms with E-state index in [2.05, 4.69) is 17.2 Å². The molecule has 114 valence electrons. The number of hydrogen-bond donors (Lipinski definition) is 1. The van der Waals surface area contributed by atoms with E-state index in [0.29, 0.717) is 25.5 Å². The third kappa shape index (κ3) is 4.58. The first-order valence-corrected chi connectivity index (χ1v) is 7.00. The van der Waals surface area contributed by atoms with E-state index >= 15 is 0 Å². The summed E-state index contributed by atoms with van der Waals surface area (Å²) in [5, 5.41) is 2.86. The van der Waals surface area contributed by atoms with Gasteiger partial charge in [-0.15, -0.1) is 0 Å². The van der Waals surface area contributed by atoms with Gasteiger partial charge in [0.15, 0.2) is 0 Å². The second kappa shape index (κ2) is 7.36. The molecule has 0 aromatic carbocycles. The first-order valence-electron chi connectivity index (χ1n) is 7.00. The van der Waals surface area contributed by atoms with Gasteiger partial charge in [-0.2, -0.15) is 13.2 Å². The second-order valence-electron chi connectivity index (χ2n) is 4.56. The lowest BCUT2D eigenvalue weighted by molar-refractivity contribution is -0.137. The van der Waals surface area contributed by atoms with E-state index < -0.39 is 11.7 Å². The van der Waals surface area contributed by atoms with Gasteiger partial charge in [0.1, 0.15) is 11.6 Å². The van der Waals surface area contributed by atoms with Crippen molar-refractivity contribution in [3.63, 3.8) is 0 Å². The molecule has 0 bridgehead atoms. The zero-order chi connectivity index (χ0) is 15.2. The molecule has 0 saturated heterocycles. The molecule has 0 aliphatic rings. The van der Waals surface area contributed by atoms with E-state index in [1.807, 2.05) is 18.7 Å². The van der Waals surface area contributed by atoms with Crippen LogP contribution in [0.4, 0.5) is 24.8 Å². The van der Waals surface area contributed by atoms with Crippen molar-refractivity contribution in [1.82, 2.24) is 4.98 Å². The Labute approximate surface area is 118 Å². The summed E-state index contributed by atoms with van der Waals surface area (Å²) in [6, 6.07) is 2.18. The van der Waals surface area contributed by atoms with Crippen LogP contribution in [0.15, 0.2) is 12.1 Å². The van der Waals surface area contributed by atoms with Crippen LogP contribution in [0.1, 0.15) is 39.2 Å². The molecule has 0 atom stereocenters. The number of pyridine rings is 1. The minimum absolute atomic E-state index is 0.271. The van der Waals surface area contributed by atoms with Crippen molar-refractivity contribution in [1.29, 1.82) is 0 Å². The highest BCUT2D eigenvalue weighted by Gasteiger charge is 2.32. The minimum Gasteiger partial charge on any atom is -0.370 e. The Morgan fingerprint density at radius 3 is 2.40 bits per heavy atom. The Balaban J connectivity index is 3.12. The van der Waals surface area contributed by atoms with Gasteiger partial charge in [-0.05, 0) is 32.4 Å². The molecule has 0 fully saturated rings. The van der Waals surface area contributed by atoms with Gasteiger partial charge in [0.25, 0.3) is 0 Å². The third-order valence-corrected chi connectivity index (χ3v) is 2.98. The van der Waals surface area contributed by atoms with E-state index in [1.165, 1.54) is 0 Å². The fourth-order valence-electron chi connectivity index (χ4n) is 1.90. The lowest BCUT2D eigenvalue weighted by atomic mass is 10.2. The van der Waals surface area contributed by atoms with Crippen LogP contribution in [0.2, 0.25) is 0 Å². The molecule has 0 unspecified atom stereocenters. The number of nitrogens with zero attached hydrogens (tertiary/aromatic N) is 2. The molecular formula is C14H22F3N3. The highest BCUT2D eigenvalue weighted by molar-refractivity contribution is 5.51. The molecular weight excluding hydrogens is 267 g/mol. The molecule has 0 aliphatic heterocycles. The Morgan fingerprint density at radius 2 is 1.90 bits per heavy atom. The molecule has 1 rings (SSSR count). The van der Waals surface area contributed by atoms with Crippen LogP contribution >= 0.6 is 0 Å². The van der Waals surface area contributed by atoms with Gasteiger partial charge in [0.2, 0.25) is 0 Å². The number of halogens is 3. The smallest absolute Gasteiger partial charge is 0.370 e. The summed E-state index contributed by atoms with van der Waals surface area (Å²) in [6.07, 6.45) is -2.43. The predicted octanol–water partition coefficient (Wildman–Crippen LogP) is 4.16. The molecule has 0 saturated carbocycles. The SMILES string of the molecule is CCCCN(CC)c1cc(C(F)(F)F)cc(NCC)n1. The van der Waals surface area contributed by atoms with Crippen LogP contribution in [0.3, 0.4) is 0 Å². The van der Waals surface area contributed by atoms with Gasteiger partial charge in [-0.3, -0.25) is 0 Å². The summed E-state index contributed by atoms with van der Waals surface area (Å²) in [4.78, 5) is 6.15. The highest BCUT2D eigenvalue weighted by atomic mass is 19.4. The highest BCUT2D eigenvalue weighted by Crippen LogP contribution is 2.32. The zero-order valence-electron chi connectivity index (χ0n) is 12.2. The van der Waals surface area contributed by atoms with Crippen molar-refractivity contribution in [3.8, 4) is 0 Å². The third-order valence-electron chi connectivity index (χ3n) is 2.98. The van der Waals surface area contributed by atoms with Crippen LogP contribution in [0, 0.1) is 0 Å². The summed E-state index contributed by atoms with van der Waals surface area (Å²) >= 11 is 0. The molecule has 0 radical (unpaired) electrons. The van der Waals surface area contributed by atoms with E-state index in [4.69, 9.17) is 0 Å². The van der Waals surface area contributed by atoms with Crippen LogP contribution in [-0.2, 0) is 6.18 Å². The Kier molecular flexibility index (Phi) is 6.10. The van der Waals surface area contributed by atoms with Crippen LogP contribution in [0.25, 0.3) is 0 Å². The van der Waals surface area contributed by atoms with Gasteiger partial charge in [0.05, 0.1) is 5.56 Å². The maximum atomic E-state index is 12.9. The molecule has 1 aromatic rings. The van der Waals surface area contributed by atoms with Gasteiger partial charge in [-0.25, -0.2) is 4.98 Å². The van der Waals surface area contributed by atoms with Gasteiger partial charge in [0, 0.05) is 19.6 Å². The van der Waals surface area contributed by atoms with Crippen molar-refractivity contribution in [2.24, 2.45) is 0 Å². The molecule has 0 spiro atoms. The van der Waals surface area contributed by atoms with Crippen molar-refractivity contribution >= 4 is 11.6 Å². The average molecular weight is 289 g/mol. The first kappa shape index (κ1) is 16.6. The largest absolute Gasteiger partial charge is 0.416 e. The Bertz CT molecular complexity index is 419. The number of alkyl halides is 3. The lowest BCUT2D eigenvalue weighted by Crippen LogP contribution is -2.25. The van der Waals surface area contributed by atoms with Crippen molar-refractivity contribution in [3.05, 3.63) is 17.7 Å². The summed E-state index contributed by atoms with van der Waals surface area (Å²) in [6.45, 7) is 7.69. The first-order chi connectivity index (χ1) is 9.42. The predicted molar refractivity (Wildman–Crippen MR) is 76.2 cm³/mol. The van der Waals surface area contributed by atoms with Crippen molar-refractivity contribution in [2.75, 3.05) is 29.9 Å². The van der Waals surface area contributed by atoms with Gasteiger partial charge < -0.3 is 10.2 Å². The summed E-state index contributed by atoms with van der Waals surface area (Å²) in [5.41, 5.74) is -0.659. The number of anilines is 2. The van der Waals surface area contributed by atoms with Crippen LogP contribution in [0.5, 0.6) is 0 Å². The standard InChI is InChI=1S/C14H22F3N3/c1-4-7-8-20(6-3)13-10-11(14(15,16)17)9-12(19-13)18-5-2/h9-10H,4-8H2,1-3H3,(H,18,19). The quantitative estimate of drug-likeness (QED) is 0.817. The number of hydrogen-bond acceptors (Lipinski definition) is 3. The van der Waals surface area contributed by atoms with Crippen molar-refractivity contribution < 1.29 is 13.2 Å². The molecule has 1 aromatic heterocycles. The minimum atomic E-state index is -4.36. The second-order valence-corrected chi connectivity index (χ2v) is 4.56. The van der Waals surface area contributed by atoms with E-state index in [9.17, 15) is 13.2 Å². The average Bonchev–Trinajstić information content (AvgIpc) is 2.39. The van der Waals surface area contributed by atoms with Gasteiger partial charge in [-0.1, -0.05) is 13.3 Å². The van der Waals surface area contributed by atoms with Crippen LogP contribution < -0.4 is 10.2 Å². The summed E-state index contributed by atoms with van der Waals surface area (Å²) in [5.74, 6) is 0.652. The van der Waals surface area contributed by atoms with Gasteiger partial charge >= 0.3 is 6.18 Å². The molecule has 0 aliphatic carbocycles. The number of nitrogens with one attached hydrogen (secondary N) is 1. The molecule has 20 heavy (non-hydrogen) atoms. The fraction of sp³-hybridized carbons (Fsp3) is 0.643. The zero-order valence-corrected chi connectivity index (χ0v) is 12.2. The van der Waals surface area contributed by atoms with E-state index in [1.54, 1.807) is 0 Å². The maximum absolute atomic E-state index is 12.9. The number of unbranched alkanes of at least 4 members (excludes halogenated alkanes) is 1. The van der Waals surface area contributed by atoms with E-state index in [-0.39, 0.29) is 5.82 Å². The molecule has 1 heterocycles. The molecule has 1 N–H and O–H groups in total. The summed E-state index contributed by atoms with van der Waals surface area (Å²) in [7, 11) is 0. The molecule has 3 nitrogen and oxygen atoms in total. The normalized spacial score (nSPS) is 11.5. The maximum Gasteiger partial charge on any atom is 0.416 e. The molecule has 6 heteroatoms. The van der Waals surface area contributed by atoms with E-state index in [0.717, 1.165) is 25.0 Å². The van der Waals surface area contributed by atoms with Crippen LogP contribution in [-0.4, -0.2) is 24.6 Å².